The molecule has 0 bridgehead atoms. The highest BCUT2D eigenvalue weighted by Crippen LogP contribution is 2.32. The van der Waals surface area contributed by atoms with Gasteiger partial charge in [-0.1, -0.05) is 6.58 Å². The van der Waals surface area contributed by atoms with E-state index < -0.39 is 5.60 Å². The van der Waals surface area contributed by atoms with Gasteiger partial charge in [-0.15, -0.1) is 0 Å². The molecule has 1 amide bonds. The molecule has 0 spiro atoms. The van der Waals surface area contributed by atoms with Gasteiger partial charge < -0.3 is 28.4 Å². The zero-order valence-corrected chi connectivity index (χ0v) is 25.7. The number of carbonyl (C=O) groups is 2. The topological polar surface area (TPSA) is 90.5 Å². The molecule has 226 valence electrons. The van der Waals surface area contributed by atoms with Gasteiger partial charge in [0.05, 0.1) is 48.5 Å². The molecule has 0 atom stereocenters. The molecule has 0 radical (unpaired) electrons. The summed E-state index contributed by atoms with van der Waals surface area (Å²) in [6, 6.07) is 4.18. The van der Waals surface area contributed by atoms with E-state index in [1.165, 1.54) is 0 Å². The standard InChI is InChI=1S/C32H43N5O5/c1-21(2)41-30(38)28-17-27-16-24(19-36(27)29(22(28)3)23(4)34-12-14-40-15-13-34)25-18-33-37(20-25)26-8-10-35(11-9-26)31(39)42-32(5,6)7/h16-21,26H,4,8-15H2,1-3,5-7H3. The normalized spacial score (nSPS) is 16.7. The molecule has 0 aliphatic carbocycles. The van der Waals surface area contributed by atoms with E-state index in [0.29, 0.717) is 31.9 Å². The van der Waals surface area contributed by atoms with Crippen molar-refractivity contribution < 1.29 is 23.8 Å². The highest BCUT2D eigenvalue weighted by atomic mass is 16.6. The molecular formula is C32H43N5O5. The van der Waals surface area contributed by atoms with Crippen LogP contribution in [-0.4, -0.2) is 87.1 Å². The smallest absolute Gasteiger partial charge is 0.410 e. The average Bonchev–Trinajstić information content (AvgIpc) is 3.59. The number of ether oxygens (including phenoxy) is 3. The van der Waals surface area contributed by atoms with Crippen molar-refractivity contribution in [2.24, 2.45) is 0 Å². The largest absolute Gasteiger partial charge is 0.459 e. The van der Waals surface area contributed by atoms with Crippen LogP contribution in [0.1, 0.15) is 75.1 Å². The van der Waals surface area contributed by atoms with Crippen molar-refractivity contribution in [1.29, 1.82) is 0 Å². The van der Waals surface area contributed by atoms with Gasteiger partial charge in [0.25, 0.3) is 0 Å². The molecule has 2 aliphatic heterocycles. The zero-order chi connectivity index (χ0) is 30.2. The number of piperidine rings is 1. The van der Waals surface area contributed by atoms with Crippen LogP contribution >= 0.6 is 0 Å². The zero-order valence-electron chi connectivity index (χ0n) is 25.7. The van der Waals surface area contributed by atoms with Crippen LogP contribution in [0.4, 0.5) is 4.79 Å². The summed E-state index contributed by atoms with van der Waals surface area (Å²) < 4.78 is 20.8. The Bertz CT molecular complexity index is 1470. The summed E-state index contributed by atoms with van der Waals surface area (Å²) in [6.45, 7) is 19.8. The third-order valence-corrected chi connectivity index (χ3v) is 7.80. The SMILES string of the molecule is C=C(c1c(C)c(C(=O)OC(C)C)cc2cc(-c3cnn(C4CCN(C(=O)OC(C)(C)C)CC4)c3)cn12)N1CCOCC1. The third-order valence-electron chi connectivity index (χ3n) is 7.80. The van der Waals surface area contributed by atoms with Gasteiger partial charge in [-0.05, 0) is 72.1 Å². The van der Waals surface area contributed by atoms with Crippen LogP contribution in [-0.2, 0) is 14.2 Å². The summed E-state index contributed by atoms with van der Waals surface area (Å²) in [4.78, 5) is 29.6. The monoisotopic (exact) mass is 577 g/mol. The summed E-state index contributed by atoms with van der Waals surface area (Å²) in [5.41, 5.74) is 5.48. The van der Waals surface area contributed by atoms with Gasteiger partial charge in [-0.2, -0.15) is 5.10 Å². The number of hydrogen-bond donors (Lipinski definition) is 0. The van der Waals surface area contributed by atoms with E-state index in [1.54, 1.807) is 4.90 Å². The van der Waals surface area contributed by atoms with Crippen LogP contribution in [0.25, 0.3) is 22.3 Å². The Balaban J connectivity index is 1.42. The van der Waals surface area contributed by atoms with Gasteiger partial charge >= 0.3 is 12.1 Å². The summed E-state index contributed by atoms with van der Waals surface area (Å²) >= 11 is 0. The quantitative estimate of drug-likeness (QED) is 0.355. The molecule has 2 saturated heterocycles. The first-order valence-corrected chi connectivity index (χ1v) is 14.8. The summed E-state index contributed by atoms with van der Waals surface area (Å²) in [7, 11) is 0. The van der Waals surface area contributed by atoms with Gasteiger partial charge in [0.15, 0.2) is 0 Å². The van der Waals surface area contributed by atoms with E-state index in [4.69, 9.17) is 19.3 Å². The van der Waals surface area contributed by atoms with Crippen molar-refractivity contribution in [3.63, 3.8) is 0 Å². The molecular weight excluding hydrogens is 534 g/mol. The highest BCUT2D eigenvalue weighted by Gasteiger charge is 2.28. The fraction of sp³-hybridized carbons (Fsp3) is 0.531. The lowest BCUT2D eigenvalue weighted by atomic mass is 10.0. The van der Waals surface area contributed by atoms with Crippen LogP contribution in [0.15, 0.2) is 37.3 Å². The number of hydrogen-bond acceptors (Lipinski definition) is 7. The van der Waals surface area contributed by atoms with E-state index >= 15 is 0 Å². The molecule has 5 rings (SSSR count). The number of morpholine rings is 1. The molecule has 3 aromatic heterocycles. The lowest BCUT2D eigenvalue weighted by Gasteiger charge is -2.33. The number of aromatic nitrogens is 3. The van der Waals surface area contributed by atoms with Crippen LogP contribution in [0.2, 0.25) is 0 Å². The number of esters is 1. The fourth-order valence-electron chi connectivity index (χ4n) is 5.66. The van der Waals surface area contributed by atoms with Crippen LogP contribution in [0.3, 0.4) is 0 Å². The first-order chi connectivity index (χ1) is 19.9. The molecule has 0 N–H and O–H groups in total. The lowest BCUT2D eigenvalue weighted by Crippen LogP contribution is -2.42. The lowest BCUT2D eigenvalue weighted by molar-refractivity contribution is 0.0184. The number of likely N-dealkylation sites (tertiary alicyclic amines) is 1. The van der Waals surface area contributed by atoms with E-state index in [0.717, 1.165) is 59.5 Å². The Morgan fingerprint density at radius 3 is 2.36 bits per heavy atom. The first kappa shape index (κ1) is 29.7. The number of fused-ring (bicyclic) bond motifs is 1. The van der Waals surface area contributed by atoms with Gasteiger partial charge in [-0.25, -0.2) is 9.59 Å². The van der Waals surface area contributed by atoms with Crippen LogP contribution in [0.5, 0.6) is 0 Å². The van der Waals surface area contributed by atoms with Gasteiger partial charge in [0, 0.05) is 55.2 Å². The first-order valence-electron chi connectivity index (χ1n) is 14.8. The predicted molar refractivity (Wildman–Crippen MR) is 161 cm³/mol. The van der Waals surface area contributed by atoms with E-state index in [-0.39, 0.29) is 24.2 Å². The second-order valence-corrected chi connectivity index (χ2v) is 12.5. The minimum atomic E-state index is -0.506. The van der Waals surface area contributed by atoms with Crippen molar-refractivity contribution >= 4 is 23.3 Å². The van der Waals surface area contributed by atoms with Crippen LogP contribution < -0.4 is 0 Å². The number of carbonyl (C=O) groups excluding carboxylic acids is 2. The highest BCUT2D eigenvalue weighted by molar-refractivity contribution is 5.94. The molecule has 0 saturated carbocycles. The summed E-state index contributed by atoms with van der Waals surface area (Å²) in [5, 5.41) is 4.70. The van der Waals surface area contributed by atoms with Crippen molar-refractivity contribution in [3.05, 3.63) is 54.1 Å². The Kier molecular flexibility index (Phi) is 8.37. The van der Waals surface area contributed by atoms with Crippen molar-refractivity contribution in [2.75, 3.05) is 39.4 Å². The minimum Gasteiger partial charge on any atom is -0.459 e. The molecule has 5 heterocycles. The Morgan fingerprint density at radius 1 is 1.02 bits per heavy atom. The van der Waals surface area contributed by atoms with Crippen molar-refractivity contribution in [2.45, 2.75) is 72.1 Å². The fourth-order valence-corrected chi connectivity index (χ4v) is 5.66. The van der Waals surface area contributed by atoms with Crippen LogP contribution in [0, 0.1) is 6.92 Å². The minimum absolute atomic E-state index is 0.200. The Morgan fingerprint density at radius 2 is 1.71 bits per heavy atom. The molecule has 0 unspecified atom stereocenters. The van der Waals surface area contributed by atoms with E-state index in [9.17, 15) is 9.59 Å². The maximum absolute atomic E-state index is 13.1. The number of amides is 1. The molecule has 2 fully saturated rings. The van der Waals surface area contributed by atoms with E-state index in [2.05, 4.69) is 34.3 Å². The second-order valence-electron chi connectivity index (χ2n) is 12.5. The Labute approximate surface area is 247 Å². The maximum atomic E-state index is 13.1. The number of rotatable bonds is 6. The predicted octanol–water partition coefficient (Wildman–Crippen LogP) is 5.55. The van der Waals surface area contributed by atoms with Gasteiger partial charge in [0.1, 0.15) is 5.60 Å². The average molecular weight is 578 g/mol. The summed E-state index contributed by atoms with van der Waals surface area (Å²) in [6.07, 6.45) is 7.18. The van der Waals surface area contributed by atoms with E-state index in [1.807, 2.05) is 58.5 Å². The molecule has 42 heavy (non-hydrogen) atoms. The summed E-state index contributed by atoms with van der Waals surface area (Å²) in [5.74, 6) is -0.339. The van der Waals surface area contributed by atoms with Crippen molar-refractivity contribution in [3.8, 4) is 11.1 Å². The Hall–Kier alpha value is -3.79. The van der Waals surface area contributed by atoms with Crippen molar-refractivity contribution in [1.82, 2.24) is 24.0 Å². The molecule has 2 aliphatic rings. The number of nitrogens with zero attached hydrogens (tertiary/aromatic N) is 5. The third kappa shape index (κ3) is 6.33. The second kappa shape index (κ2) is 11.8. The molecule has 10 heteroatoms. The maximum Gasteiger partial charge on any atom is 0.410 e. The molecule has 10 nitrogen and oxygen atoms in total. The van der Waals surface area contributed by atoms with Gasteiger partial charge in [0.2, 0.25) is 0 Å². The van der Waals surface area contributed by atoms with Gasteiger partial charge in [-0.3, -0.25) is 4.68 Å². The molecule has 3 aromatic rings. The molecule has 0 aromatic carbocycles. The number of pyridine rings is 1.